The number of hydrogen-bond acceptors (Lipinski definition) is 6. The van der Waals surface area contributed by atoms with Gasteiger partial charge in [-0.25, -0.2) is 4.79 Å². The predicted octanol–water partition coefficient (Wildman–Crippen LogP) is 2.90. The van der Waals surface area contributed by atoms with Crippen molar-refractivity contribution in [3.8, 4) is 5.75 Å². The Hall–Kier alpha value is -3.09. The standard InChI is InChI=1S/C17H18N2O5/c1-18(10-11-24-14-6-4-3-5-7-14)13-8-9-16(19(21)22)15(12-13)17(20)23-2/h3-9,12H,10-11H2,1-2H3. The average molecular weight is 330 g/mol. The van der Waals surface area contributed by atoms with Gasteiger partial charge in [-0.1, -0.05) is 18.2 Å². The predicted molar refractivity (Wildman–Crippen MR) is 89.6 cm³/mol. The Morgan fingerprint density at radius 2 is 1.92 bits per heavy atom. The third kappa shape index (κ3) is 4.22. The Labute approximate surface area is 139 Å². The van der Waals surface area contributed by atoms with Crippen LogP contribution in [0.15, 0.2) is 48.5 Å². The molecule has 0 aliphatic heterocycles. The minimum atomic E-state index is -0.738. The summed E-state index contributed by atoms with van der Waals surface area (Å²) in [7, 11) is 3.01. The minimum Gasteiger partial charge on any atom is -0.492 e. The molecule has 0 heterocycles. The molecule has 0 amide bonds. The van der Waals surface area contributed by atoms with Crippen LogP contribution in [0.3, 0.4) is 0 Å². The lowest BCUT2D eigenvalue weighted by molar-refractivity contribution is -0.385. The van der Waals surface area contributed by atoms with Gasteiger partial charge in [0.1, 0.15) is 17.9 Å². The Balaban J connectivity index is 2.07. The summed E-state index contributed by atoms with van der Waals surface area (Å²) in [5.74, 6) is 0.0299. The summed E-state index contributed by atoms with van der Waals surface area (Å²) in [4.78, 5) is 24.0. The monoisotopic (exact) mass is 330 g/mol. The van der Waals surface area contributed by atoms with E-state index >= 15 is 0 Å². The maximum absolute atomic E-state index is 11.7. The number of hydrogen-bond donors (Lipinski definition) is 0. The molecule has 126 valence electrons. The maximum atomic E-state index is 11.7. The van der Waals surface area contributed by atoms with Gasteiger partial charge in [0, 0.05) is 18.8 Å². The van der Waals surface area contributed by atoms with Crippen LogP contribution in [0.4, 0.5) is 11.4 Å². The maximum Gasteiger partial charge on any atom is 0.344 e. The topological polar surface area (TPSA) is 81.9 Å². The van der Waals surface area contributed by atoms with Gasteiger partial charge in [0.2, 0.25) is 0 Å². The molecule has 0 bridgehead atoms. The number of rotatable bonds is 7. The van der Waals surface area contributed by atoms with E-state index in [1.54, 1.807) is 6.07 Å². The van der Waals surface area contributed by atoms with E-state index in [0.29, 0.717) is 18.8 Å². The second-order valence-electron chi connectivity index (χ2n) is 5.03. The van der Waals surface area contributed by atoms with Crippen molar-refractivity contribution in [2.24, 2.45) is 0 Å². The summed E-state index contributed by atoms with van der Waals surface area (Å²) < 4.78 is 10.2. The highest BCUT2D eigenvalue weighted by atomic mass is 16.6. The molecule has 2 aromatic carbocycles. The van der Waals surface area contributed by atoms with E-state index in [2.05, 4.69) is 4.74 Å². The van der Waals surface area contributed by atoms with E-state index in [1.807, 2.05) is 42.3 Å². The molecule has 0 N–H and O–H groups in total. The minimum absolute atomic E-state index is 0.0733. The van der Waals surface area contributed by atoms with E-state index < -0.39 is 10.9 Å². The molecule has 0 fully saturated rings. The highest BCUT2D eigenvalue weighted by molar-refractivity contribution is 5.95. The van der Waals surface area contributed by atoms with Crippen molar-refractivity contribution in [1.29, 1.82) is 0 Å². The number of nitro benzene ring substituents is 1. The molecular weight excluding hydrogens is 312 g/mol. The molecule has 2 rings (SSSR count). The first-order valence-electron chi connectivity index (χ1n) is 7.28. The number of nitrogens with zero attached hydrogens (tertiary/aromatic N) is 2. The van der Waals surface area contributed by atoms with E-state index in [1.165, 1.54) is 19.2 Å². The van der Waals surface area contributed by atoms with Crippen LogP contribution in [0.5, 0.6) is 5.75 Å². The largest absolute Gasteiger partial charge is 0.492 e. The first-order chi connectivity index (χ1) is 11.5. The number of carbonyl (C=O) groups excluding carboxylic acids is 1. The molecule has 7 heteroatoms. The molecule has 0 aliphatic rings. The zero-order chi connectivity index (χ0) is 17.5. The van der Waals surface area contributed by atoms with Crippen molar-refractivity contribution in [2.75, 3.05) is 32.2 Å². The molecule has 0 saturated heterocycles. The number of esters is 1. The first-order valence-corrected chi connectivity index (χ1v) is 7.28. The highest BCUT2D eigenvalue weighted by Crippen LogP contribution is 2.25. The average Bonchev–Trinajstić information content (AvgIpc) is 2.61. The van der Waals surface area contributed by atoms with Gasteiger partial charge in [-0.15, -0.1) is 0 Å². The fourth-order valence-electron chi connectivity index (χ4n) is 2.14. The molecule has 0 saturated carbocycles. The third-order valence-electron chi connectivity index (χ3n) is 3.46. The molecule has 0 radical (unpaired) electrons. The summed E-state index contributed by atoms with van der Waals surface area (Å²) in [5, 5.41) is 11.0. The summed E-state index contributed by atoms with van der Waals surface area (Å²) in [6.07, 6.45) is 0. The van der Waals surface area contributed by atoms with Gasteiger partial charge in [-0.05, 0) is 24.3 Å². The summed E-state index contributed by atoms with van der Waals surface area (Å²) in [6.45, 7) is 0.985. The lowest BCUT2D eigenvalue weighted by Crippen LogP contribution is -2.24. The fourth-order valence-corrected chi connectivity index (χ4v) is 2.14. The van der Waals surface area contributed by atoms with Gasteiger partial charge in [-0.2, -0.15) is 0 Å². The van der Waals surface area contributed by atoms with Crippen LogP contribution < -0.4 is 9.64 Å². The van der Waals surface area contributed by atoms with Crippen LogP contribution in [0.2, 0.25) is 0 Å². The van der Waals surface area contributed by atoms with E-state index in [9.17, 15) is 14.9 Å². The van der Waals surface area contributed by atoms with Gasteiger partial charge in [-0.3, -0.25) is 10.1 Å². The molecule has 7 nitrogen and oxygen atoms in total. The molecule has 0 aliphatic carbocycles. The highest BCUT2D eigenvalue weighted by Gasteiger charge is 2.22. The SMILES string of the molecule is COC(=O)c1cc(N(C)CCOc2ccccc2)ccc1[N+](=O)[O-]. The van der Waals surface area contributed by atoms with Crippen LogP contribution in [0.1, 0.15) is 10.4 Å². The number of likely N-dealkylation sites (N-methyl/N-ethyl adjacent to an activating group) is 1. The Morgan fingerprint density at radius 3 is 2.54 bits per heavy atom. The second-order valence-corrected chi connectivity index (χ2v) is 5.03. The van der Waals surface area contributed by atoms with Gasteiger partial charge < -0.3 is 14.4 Å². The second kappa shape index (κ2) is 7.96. The van der Waals surface area contributed by atoms with Gasteiger partial charge in [0.15, 0.2) is 0 Å². The Bertz CT molecular complexity index is 718. The van der Waals surface area contributed by atoms with Gasteiger partial charge in [0.05, 0.1) is 18.6 Å². The van der Waals surface area contributed by atoms with Crippen LogP contribution >= 0.6 is 0 Å². The van der Waals surface area contributed by atoms with Crippen molar-refractivity contribution in [2.45, 2.75) is 0 Å². The van der Waals surface area contributed by atoms with E-state index in [-0.39, 0.29) is 11.3 Å². The molecule has 0 spiro atoms. The Morgan fingerprint density at radius 1 is 1.21 bits per heavy atom. The molecular formula is C17H18N2O5. The number of ether oxygens (including phenoxy) is 2. The quantitative estimate of drug-likeness (QED) is 0.441. The number of nitro groups is 1. The molecule has 0 unspecified atom stereocenters. The fraction of sp³-hybridized carbons (Fsp3) is 0.235. The number of methoxy groups -OCH3 is 1. The van der Waals surface area contributed by atoms with E-state index in [0.717, 1.165) is 5.75 Å². The Kier molecular flexibility index (Phi) is 5.73. The number of para-hydroxylation sites is 1. The number of anilines is 1. The zero-order valence-electron chi connectivity index (χ0n) is 13.5. The molecule has 0 aromatic heterocycles. The van der Waals surface area contributed by atoms with Crippen LogP contribution in [-0.2, 0) is 4.74 Å². The summed E-state index contributed by atoms with van der Waals surface area (Å²) in [5.41, 5.74) is 0.313. The van der Waals surface area contributed by atoms with Crippen LogP contribution in [0.25, 0.3) is 0 Å². The van der Waals surface area contributed by atoms with Crippen molar-refractivity contribution >= 4 is 17.3 Å². The van der Waals surface area contributed by atoms with Crippen molar-refractivity contribution in [1.82, 2.24) is 0 Å². The van der Waals surface area contributed by atoms with Crippen LogP contribution in [-0.4, -0.2) is 38.2 Å². The number of benzene rings is 2. The summed E-state index contributed by atoms with van der Waals surface area (Å²) in [6, 6.07) is 13.7. The molecule has 0 atom stereocenters. The smallest absolute Gasteiger partial charge is 0.344 e. The van der Waals surface area contributed by atoms with Gasteiger partial charge >= 0.3 is 5.97 Å². The third-order valence-corrected chi connectivity index (χ3v) is 3.46. The van der Waals surface area contributed by atoms with Crippen molar-refractivity contribution in [3.05, 3.63) is 64.2 Å². The van der Waals surface area contributed by atoms with E-state index in [4.69, 9.17) is 4.74 Å². The zero-order valence-corrected chi connectivity index (χ0v) is 13.5. The van der Waals surface area contributed by atoms with Crippen molar-refractivity contribution < 1.29 is 19.2 Å². The first kappa shape index (κ1) is 17.3. The lowest BCUT2D eigenvalue weighted by atomic mass is 10.1. The van der Waals surface area contributed by atoms with Crippen molar-refractivity contribution in [3.63, 3.8) is 0 Å². The number of carbonyl (C=O) groups is 1. The van der Waals surface area contributed by atoms with Gasteiger partial charge in [0.25, 0.3) is 5.69 Å². The van der Waals surface area contributed by atoms with Crippen LogP contribution in [0, 0.1) is 10.1 Å². The lowest BCUT2D eigenvalue weighted by Gasteiger charge is -2.20. The molecule has 2 aromatic rings. The summed E-state index contributed by atoms with van der Waals surface area (Å²) >= 11 is 0. The normalized spacial score (nSPS) is 10.1. The molecule has 24 heavy (non-hydrogen) atoms.